The first-order valence-corrected chi connectivity index (χ1v) is 8.93. The van der Waals surface area contributed by atoms with Crippen molar-refractivity contribution in [1.29, 1.82) is 0 Å². The summed E-state index contributed by atoms with van der Waals surface area (Å²) in [7, 11) is 0. The smallest absolute Gasteiger partial charge is 0.339 e. The van der Waals surface area contributed by atoms with Crippen molar-refractivity contribution in [2.75, 3.05) is 58.9 Å². The zero-order valence-electron chi connectivity index (χ0n) is 14.3. The van der Waals surface area contributed by atoms with Gasteiger partial charge in [-0.1, -0.05) is 0 Å². The minimum absolute atomic E-state index is 0.109. The zero-order chi connectivity index (χ0) is 18.0. The molecule has 1 atom stereocenters. The van der Waals surface area contributed by atoms with Crippen molar-refractivity contribution in [1.82, 2.24) is 19.6 Å². The highest BCUT2D eigenvalue weighted by Crippen LogP contribution is 2.24. The highest BCUT2D eigenvalue weighted by atomic mass is 19.4. The van der Waals surface area contributed by atoms with Crippen LogP contribution in [-0.4, -0.2) is 103 Å². The van der Waals surface area contributed by atoms with Gasteiger partial charge in [0.05, 0.1) is 12.6 Å². The molecule has 0 radical (unpaired) electrons. The molecule has 25 heavy (non-hydrogen) atoms. The van der Waals surface area contributed by atoms with Crippen molar-refractivity contribution >= 4 is 11.8 Å². The molecule has 0 spiro atoms. The zero-order valence-corrected chi connectivity index (χ0v) is 14.3. The van der Waals surface area contributed by atoms with Gasteiger partial charge < -0.3 is 9.80 Å². The molecule has 6 nitrogen and oxygen atoms in total. The Bertz CT molecular complexity index is 500. The topological polar surface area (TPSA) is 47.1 Å². The Hall–Kier alpha value is -1.35. The van der Waals surface area contributed by atoms with Crippen molar-refractivity contribution in [3.05, 3.63) is 0 Å². The normalized spacial score (nSPS) is 26.7. The maximum Gasteiger partial charge on any atom is 0.406 e. The van der Waals surface area contributed by atoms with Crippen LogP contribution in [0.2, 0.25) is 0 Å². The Balaban J connectivity index is 1.46. The molecule has 0 aromatic heterocycles. The summed E-state index contributed by atoms with van der Waals surface area (Å²) >= 11 is 0. The number of alkyl halides is 3. The van der Waals surface area contributed by atoms with Gasteiger partial charge in [0.15, 0.2) is 0 Å². The molecule has 3 heterocycles. The van der Waals surface area contributed by atoms with Crippen LogP contribution in [0, 0.1) is 0 Å². The Morgan fingerprint density at radius 1 is 1.00 bits per heavy atom. The van der Waals surface area contributed by atoms with E-state index >= 15 is 0 Å². The average Bonchev–Trinajstić information content (AvgIpc) is 3.17. The molecule has 0 aliphatic carbocycles. The van der Waals surface area contributed by atoms with Gasteiger partial charge in [0.2, 0.25) is 11.8 Å². The van der Waals surface area contributed by atoms with Crippen molar-refractivity contribution in [2.24, 2.45) is 0 Å². The predicted octanol–water partition coefficient (Wildman–Crippen LogP) is 0.390. The van der Waals surface area contributed by atoms with Crippen LogP contribution in [0.25, 0.3) is 0 Å². The number of rotatable bonds is 4. The van der Waals surface area contributed by atoms with Crippen LogP contribution >= 0.6 is 0 Å². The van der Waals surface area contributed by atoms with Gasteiger partial charge in [-0.25, -0.2) is 0 Å². The van der Waals surface area contributed by atoms with Crippen LogP contribution in [0.5, 0.6) is 0 Å². The van der Waals surface area contributed by atoms with Gasteiger partial charge >= 0.3 is 6.18 Å². The Kier molecular flexibility index (Phi) is 5.52. The lowest BCUT2D eigenvalue weighted by atomic mass is 10.2. The van der Waals surface area contributed by atoms with E-state index in [1.54, 1.807) is 0 Å². The van der Waals surface area contributed by atoms with E-state index in [1.165, 1.54) is 0 Å². The average molecular weight is 362 g/mol. The third kappa shape index (κ3) is 4.63. The summed E-state index contributed by atoms with van der Waals surface area (Å²) in [6.07, 6.45) is -1.65. The number of piperazine rings is 1. The second-order valence-corrected chi connectivity index (χ2v) is 7.08. The summed E-state index contributed by atoms with van der Waals surface area (Å²) in [6, 6.07) is -0.474. The third-order valence-corrected chi connectivity index (χ3v) is 5.30. The number of nitrogens with zero attached hydrogens (tertiary/aromatic N) is 4. The van der Waals surface area contributed by atoms with E-state index < -0.39 is 24.7 Å². The second-order valence-electron chi connectivity index (χ2n) is 7.08. The number of amides is 2. The lowest BCUT2D eigenvalue weighted by Gasteiger charge is -2.37. The molecule has 3 saturated heterocycles. The maximum absolute atomic E-state index is 12.5. The predicted molar refractivity (Wildman–Crippen MR) is 84.9 cm³/mol. The Labute approximate surface area is 145 Å². The molecule has 2 amide bonds. The monoisotopic (exact) mass is 362 g/mol. The van der Waals surface area contributed by atoms with E-state index in [9.17, 15) is 22.8 Å². The number of halogens is 3. The van der Waals surface area contributed by atoms with Gasteiger partial charge in [-0.2, -0.15) is 13.2 Å². The van der Waals surface area contributed by atoms with Gasteiger partial charge in [-0.3, -0.25) is 19.4 Å². The largest absolute Gasteiger partial charge is 0.406 e. The second kappa shape index (κ2) is 7.49. The molecule has 3 aliphatic heterocycles. The first-order chi connectivity index (χ1) is 11.8. The van der Waals surface area contributed by atoms with Crippen molar-refractivity contribution in [3.8, 4) is 0 Å². The summed E-state index contributed by atoms with van der Waals surface area (Å²) in [5.74, 6) is -0.327. The first-order valence-electron chi connectivity index (χ1n) is 8.93. The molecular formula is C16H25F3N4O2. The molecule has 0 N–H and O–H groups in total. The van der Waals surface area contributed by atoms with Crippen LogP contribution in [0.4, 0.5) is 13.2 Å². The minimum atomic E-state index is -4.36. The molecule has 3 aliphatic rings. The van der Waals surface area contributed by atoms with Gasteiger partial charge in [-0.15, -0.1) is 0 Å². The van der Waals surface area contributed by atoms with E-state index in [0.717, 1.165) is 30.8 Å². The summed E-state index contributed by atoms with van der Waals surface area (Å²) in [4.78, 5) is 31.3. The highest BCUT2D eigenvalue weighted by molar-refractivity contribution is 5.84. The molecule has 3 fully saturated rings. The number of likely N-dealkylation sites (tertiary alicyclic amines) is 2. The number of hydrogen-bond donors (Lipinski definition) is 0. The molecule has 0 bridgehead atoms. The van der Waals surface area contributed by atoms with Gasteiger partial charge in [-0.05, 0) is 32.4 Å². The fourth-order valence-electron chi connectivity index (χ4n) is 3.95. The molecule has 0 saturated carbocycles. The van der Waals surface area contributed by atoms with Crippen molar-refractivity contribution in [3.63, 3.8) is 0 Å². The number of hydrogen-bond acceptors (Lipinski definition) is 4. The molecule has 9 heteroatoms. The molecule has 0 aromatic carbocycles. The summed E-state index contributed by atoms with van der Waals surface area (Å²) in [5.41, 5.74) is 0. The van der Waals surface area contributed by atoms with E-state index in [-0.39, 0.29) is 12.5 Å². The summed E-state index contributed by atoms with van der Waals surface area (Å²) in [6.45, 7) is 3.53. The quantitative estimate of drug-likeness (QED) is 0.726. The number of carbonyl (C=O) groups is 2. The van der Waals surface area contributed by atoms with Crippen molar-refractivity contribution < 1.29 is 22.8 Å². The lowest BCUT2D eigenvalue weighted by Crippen LogP contribution is -2.55. The van der Waals surface area contributed by atoms with Crippen LogP contribution < -0.4 is 0 Å². The Morgan fingerprint density at radius 3 is 2.24 bits per heavy atom. The fourth-order valence-corrected chi connectivity index (χ4v) is 3.95. The van der Waals surface area contributed by atoms with Crippen molar-refractivity contribution in [2.45, 2.75) is 31.5 Å². The number of carbonyl (C=O) groups excluding carboxylic acids is 2. The first kappa shape index (κ1) is 18.4. The van der Waals surface area contributed by atoms with Crippen LogP contribution in [0.3, 0.4) is 0 Å². The summed E-state index contributed by atoms with van der Waals surface area (Å²) < 4.78 is 37.5. The third-order valence-electron chi connectivity index (χ3n) is 5.30. The van der Waals surface area contributed by atoms with E-state index in [2.05, 4.69) is 4.90 Å². The molecular weight excluding hydrogens is 337 g/mol. The van der Waals surface area contributed by atoms with Crippen LogP contribution in [0.1, 0.15) is 19.3 Å². The van der Waals surface area contributed by atoms with Gasteiger partial charge in [0.1, 0.15) is 6.54 Å². The Morgan fingerprint density at radius 2 is 1.64 bits per heavy atom. The molecule has 0 aromatic rings. The van der Waals surface area contributed by atoms with Crippen LogP contribution in [0.15, 0.2) is 0 Å². The lowest BCUT2D eigenvalue weighted by molar-refractivity contribution is -0.159. The van der Waals surface area contributed by atoms with Crippen LogP contribution in [-0.2, 0) is 9.59 Å². The van der Waals surface area contributed by atoms with Gasteiger partial charge in [0.25, 0.3) is 0 Å². The molecule has 3 rings (SSSR count). The maximum atomic E-state index is 12.5. The summed E-state index contributed by atoms with van der Waals surface area (Å²) in [5, 5.41) is 0. The SMILES string of the molecule is O=C(CN1CCCC1)N1CCN(C2CCN(CC(F)(F)F)C2=O)CC1. The highest BCUT2D eigenvalue weighted by Gasteiger charge is 2.42. The molecule has 142 valence electrons. The van der Waals surface area contributed by atoms with E-state index in [0.29, 0.717) is 39.1 Å². The molecule has 1 unspecified atom stereocenters. The fraction of sp³-hybridized carbons (Fsp3) is 0.875. The standard InChI is InChI=1S/C16H25F3N4O2/c17-16(18,19)12-23-6-3-13(15(23)25)21-7-9-22(10-8-21)14(24)11-20-4-1-2-5-20/h13H,1-12H2. The van der Waals surface area contributed by atoms with E-state index in [4.69, 9.17) is 0 Å². The van der Waals surface area contributed by atoms with E-state index in [1.807, 2.05) is 9.80 Å². The van der Waals surface area contributed by atoms with Gasteiger partial charge in [0, 0.05) is 32.7 Å². The minimum Gasteiger partial charge on any atom is -0.339 e.